The number of rotatable bonds is 7. The van der Waals surface area contributed by atoms with E-state index in [2.05, 4.69) is 4.74 Å². The minimum absolute atomic E-state index is 0.00388. The first-order valence-electron chi connectivity index (χ1n) is 6.81. The SMILES string of the molecule is COC(=O)c1sccc1S(=O)(=O)N(CCCO)C1CCC1. The maximum absolute atomic E-state index is 12.8. The third-order valence-electron chi connectivity index (χ3n) is 3.61. The fourth-order valence-corrected chi connectivity index (χ4v) is 5.30. The fourth-order valence-electron chi connectivity index (χ4n) is 2.27. The van der Waals surface area contributed by atoms with Crippen molar-refractivity contribution in [1.29, 1.82) is 0 Å². The summed E-state index contributed by atoms with van der Waals surface area (Å²) < 4.78 is 31.7. The standard InChI is InChI=1S/C13H19NO5S2/c1-19-13(16)12-11(6-9-20-12)21(17,18)14(7-3-8-15)10-4-2-5-10/h6,9-10,15H,2-5,7-8H2,1H3. The molecule has 0 unspecified atom stereocenters. The van der Waals surface area contributed by atoms with E-state index >= 15 is 0 Å². The lowest BCUT2D eigenvalue weighted by atomic mass is 9.93. The van der Waals surface area contributed by atoms with Crippen molar-refractivity contribution >= 4 is 27.3 Å². The summed E-state index contributed by atoms with van der Waals surface area (Å²) in [4.78, 5) is 11.8. The monoisotopic (exact) mass is 333 g/mol. The normalized spacial score (nSPS) is 16.0. The second-order valence-corrected chi connectivity index (χ2v) is 7.66. The highest BCUT2D eigenvalue weighted by molar-refractivity contribution is 7.89. The van der Waals surface area contributed by atoms with Crippen LogP contribution in [0.25, 0.3) is 0 Å². The molecule has 0 spiro atoms. The van der Waals surface area contributed by atoms with Crippen LogP contribution in [0, 0.1) is 0 Å². The molecule has 1 fully saturated rings. The van der Waals surface area contributed by atoms with Crippen molar-refractivity contribution in [2.24, 2.45) is 0 Å². The van der Waals surface area contributed by atoms with Gasteiger partial charge in [-0.05, 0) is 30.7 Å². The van der Waals surface area contributed by atoms with Crippen molar-refractivity contribution < 1.29 is 23.1 Å². The van der Waals surface area contributed by atoms with Gasteiger partial charge in [0, 0.05) is 19.2 Å². The Morgan fingerprint density at radius 3 is 2.76 bits per heavy atom. The Balaban J connectivity index is 2.33. The molecule has 118 valence electrons. The van der Waals surface area contributed by atoms with Gasteiger partial charge in [-0.1, -0.05) is 6.42 Å². The first-order chi connectivity index (χ1) is 10.0. The molecular formula is C13H19NO5S2. The molecular weight excluding hydrogens is 314 g/mol. The van der Waals surface area contributed by atoms with Gasteiger partial charge in [0.25, 0.3) is 0 Å². The number of thiophene rings is 1. The van der Waals surface area contributed by atoms with Gasteiger partial charge in [0.15, 0.2) is 0 Å². The van der Waals surface area contributed by atoms with E-state index in [4.69, 9.17) is 5.11 Å². The van der Waals surface area contributed by atoms with Crippen LogP contribution in [0.4, 0.5) is 0 Å². The predicted octanol–water partition coefficient (Wildman–Crippen LogP) is 1.46. The molecule has 1 N–H and O–H groups in total. The summed E-state index contributed by atoms with van der Waals surface area (Å²) in [7, 11) is -2.51. The van der Waals surface area contributed by atoms with Gasteiger partial charge in [-0.2, -0.15) is 4.31 Å². The van der Waals surface area contributed by atoms with Crippen molar-refractivity contribution in [2.75, 3.05) is 20.3 Å². The lowest BCUT2D eigenvalue weighted by Gasteiger charge is -2.36. The average Bonchev–Trinajstić information content (AvgIpc) is 2.90. The Labute approximate surface area is 128 Å². The number of methoxy groups -OCH3 is 1. The van der Waals surface area contributed by atoms with Crippen LogP contribution in [-0.4, -0.2) is 50.1 Å². The number of hydrogen-bond donors (Lipinski definition) is 1. The molecule has 0 amide bonds. The molecule has 0 saturated heterocycles. The number of esters is 1. The zero-order valence-corrected chi connectivity index (χ0v) is 13.5. The average molecular weight is 333 g/mol. The number of aliphatic hydroxyl groups excluding tert-OH is 1. The van der Waals surface area contributed by atoms with Crippen LogP contribution in [0.5, 0.6) is 0 Å². The molecule has 0 radical (unpaired) electrons. The van der Waals surface area contributed by atoms with Crippen LogP contribution in [0.2, 0.25) is 0 Å². The smallest absolute Gasteiger partial charge is 0.349 e. The topological polar surface area (TPSA) is 83.9 Å². The lowest BCUT2D eigenvalue weighted by Crippen LogP contribution is -2.45. The maximum atomic E-state index is 12.8. The zero-order chi connectivity index (χ0) is 15.5. The number of carbonyl (C=O) groups excluding carboxylic acids is 1. The second kappa shape index (κ2) is 6.87. The van der Waals surface area contributed by atoms with Crippen molar-refractivity contribution in [2.45, 2.75) is 36.6 Å². The summed E-state index contributed by atoms with van der Waals surface area (Å²) in [6.07, 6.45) is 3.03. The molecule has 2 rings (SSSR count). The minimum atomic E-state index is -3.74. The van der Waals surface area contributed by atoms with E-state index in [1.54, 1.807) is 5.38 Å². The Morgan fingerprint density at radius 1 is 1.52 bits per heavy atom. The number of sulfonamides is 1. The van der Waals surface area contributed by atoms with Gasteiger partial charge in [-0.25, -0.2) is 13.2 Å². The molecule has 6 nitrogen and oxygen atoms in total. The Kier molecular flexibility index (Phi) is 5.37. The molecule has 1 aliphatic carbocycles. The van der Waals surface area contributed by atoms with E-state index in [9.17, 15) is 13.2 Å². The van der Waals surface area contributed by atoms with Gasteiger partial charge < -0.3 is 9.84 Å². The maximum Gasteiger partial charge on any atom is 0.349 e. The van der Waals surface area contributed by atoms with E-state index in [0.717, 1.165) is 30.6 Å². The molecule has 0 aliphatic heterocycles. The zero-order valence-electron chi connectivity index (χ0n) is 11.8. The molecule has 0 atom stereocenters. The second-order valence-electron chi connectivity index (χ2n) is 4.88. The first-order valence-corrected chi connectivity index (χ1v) is 9.13. The Hall–Kier alpha value is -0.960. The van der Waals surface area contributed by atoms with Gasteiger partial charge in [-0.15, -0.1) is 11.3 Å². The molecule has 0 bridgehead atoms. The van der Waals surface area contributed by atoms with E-state index in [-0.39, 0.29) is 29.0 Å². The van der Waals surface area contributed by atoms with Crippen molar-refractivity contribution in [3.05, 3.63) is 16.3 Å². The fraction of sp³-hybridized carbons (Fsp3) is 0.615. The van der Waals surface area contributed by atoms with Crippen LogP contribution in [-0.2, 0) is 14.8 Å². The number of nitrogens with zero attached hydrogens (tertiary/aromatic N) is 1. The molecule has 1 heterocycles. The van der Waals surface area contributed by atoms with E-state index in [0.29, 0.717) is 6.42 Å². The molecule has 8 heteroatoms. The van der Waals surface area contributed by atoms with Crippen LogP contribution in [0.3, 0.4) is 0 Å². The minimum Gasteiger partial charge on any atom is -0.465 e. The highest BCUT2D eigenvalue weighted by Gasteiger charge is 2.37. The summed E-state index contributed by atoms with van der Waals surface area (Å²) in [6.45, 7) is 0.201. The molecule has 1 aromatic rings. The summed E-state index contributed by atoms with van der Waals surface area (Å²) in [6, 6.07) is 1.41. The molecule has 1 aliphatic rings. The van der Waals surface area contributed by atoms with Crippen LogP contribution >= 0.6 is 11.3 Å². The highest BCUT2D eigenvalue weighted by atomic mass is 32.2. The summed E-state index contributed by atoms with van der Waals surface area (Å²) in [5.41, 5.74) is 0. The van der Waals surface area contributed by atoms with E-state index < -0.39 is 16.0 Å². The van der Waals surface area contributed by atoms with Crippen LogP contribution in [0.15, 0.2) is 16.3 Å². The Bertz CT molecular complexity index is 591. The summed E-state index contributed by atoms with van der Waals surface area (Å²) >= 11 is 1.06. The predicted molar refractivity (Wildman–Crippen MR) is 78.9 cm³/mol. The first kappa shape index (κ1) is 16.4. The van der Waals surface area contributed by atoms with Gasteiger partial charge in [0.2, 0.25) is 10.0 Å². The molecule has 1 aromatic heterocycles. The van der Waals surface area contributed by atoms with Crippen LogP contribution < -0.4 is 0 Å². The third kappa shape index (κ3) is 3.28. The number of aliphatic hydroxyl groups is 1. The lowest BCUT2D eigenvalue weighted by molar-refractivity contribution is 0.0602. The summed E-state index contributed by atoms with van der Waals surface area (Å²) in [5.74, 6) is -0.640. The van der Waals surface area contributed by atoms with Gasteiger partial charge in [0.1, 0.15) is 9.77 Å². The van der Waals surface area contributed by atoms with E-state index in [1.807, 2.05) is 0 Å². The largest absolute Gasteiger partial charge is 0.465 e. The van der Waals surface area contributed by atoms with Gasteiger partial charge in [0.05, 0.1) is 7.11 Å². The quantitative estimate of drug-likeness (QED) is 0.764. The number of carbonyl (C=O) groups is 1. The van der Waals surface area contributed by atoms with Crippen molar-refractivity contribution in [1.82, 2.24) is 4.31 Å². The van der Waals surface area contributed by atoms with Gasteiger partial charge in [-0.3, -0.25) is 0 Å². The van der Waals surface area contributed by atoms with Crippen LogP contribution in [0.1, 0.15) is 35.4 Å². The van der Waals surface area contributed by atoms with Gasteiger partial charge >= 0.3 is 5.97 Å². The molecule has 0 aromatic carbocycles. The molecule has 1 saturated carbocycles. The molecule has 21 heavy (non-hydrogen) atoms. The third-order valence-corrected chi connectivity index (χ3v) is 6.62. The Morgan fingerprint density at radius 2 is 2.24 bits per heavy atom. The van der Waals surface area contributed by atoms with E-state index in [1.165, 1.54) is 17.5 Å². The van der Waals surface area contributed by atoms with Crippen molar-refractivity contribution in [3.8, 4) is 0 Å². The highest BCUT2D eigenvalue weighted by Crippen LogP contribution is 2.33. The van der Waals surface area contributed by atoms with Crippen molar-refractivity contribution in [3.63, 3.8) is 0 Å². The number of ether oxygens (including phenoxy) is 1. The summed E-state index contributed by atoms with van der Waals surface area (Å²) in [5, 5.41) is 10.5. The number of hydrogen-bond acceptors (Lipinski definition) is 6.